The molecular formula is C31H40N6O3. The van der Waals surface area contributed by atoms with Crippen LogP contribution in [0.5, 0.6) is 11.5 Å². The average molecular weight is 545 g/mol. The van der Waals surface area contributed by atoms with Crippen LogP contribution in [0, 0.1) is 0 Å². The Bertz CT molecular complexity index is 1310. The van der Waals surface area contributed by atoms with E-state index < -0.39 is 0 Å². The van der Waals surface area contributed by atoms with Crippen LogP contribution < -0.4 is 25.0 Å². The molecule has 0 spiro atoms. The number of rotatable bonds is 12. The third kappa shape index (κ3) is 7.51. The Morgan fingerprint density at radius 2 is 1.82 bits per heavy atom. The van der Waals surface area contributed by atoms with Crippen molar-refractivity contribution in [3.8, 4) is 22.8 Å². The van der Waals surface area contributed by atoms with Gasteiger partial charge in [0.15, 0.2) is 0 Å². The number of nitrogens with zero attached hydrogens (tertiary/aromatic N) is 4. The third-order valence-electron chi connectivity index (χ3n) is 6.97. The number of methoxy groups -OCH3 is 1. The van der Waals surface area contributed by atoms with Crippen LogP contribution in [0.3, 0.4) is 0 Å². The molecule has 1 aromatic heterocycles. The van der Waals surface area contributed by atoms with Crippen LogP contribution >= 0.6 is 0 Å². The first-order chi connectivity index (χ1) is 19.4. The number of para-hydroxylation sites is 1. The van der Waals surface area contributed by atoms with E-state index in [1.807, 2.05) is 63.6 Å². The van der Waals surface area contributed by atoms with Crippen molar-refractivity contribution in [1.29, 1.82) is 0 Å². The van der Waals surface area contributed by atoms with E-state index in [-0.39, 0.29) is 12.0 Å². The lowest BCUT2D eigenvalue weighted by Gasteiger charge is -2.26. The summed E-state index contributed by atoms with van der Waals surface area (Å²) >= 11 is 0. The van der Waals surface area contributed by atoms with Crippen LogP contribution in [0.15, 0.2) is 61.3 Å². The highest BCUT2D eigenvalue weighted by molar-refractivity contribution is 6.02. The summed E-state index contributed by atoms with van der Waals surface area (Å²) in [6.07, 6.45) is 9.05. The minimum Gasteiger partial charge on any atom is -0.494 e. The minimum atomic E-state index is -0.300. The molecule has 0 unspecified atom stereocenters. The number of hydrogen-bond acceptors (Lipinski definition) is 8. The predicted octanol–water partition coefficient (Wildman–Crippen LogP) is 5.73. The zero-order valence-corrected chi connectivity index (χ0v) is 23.9. The molecule has 9 nitrogen and oxygen atoms in total. The molecule has 2 aromatic carbocycles. The van der Waals surface area contributed by atoms with Crippen LogP contribution in [0.25, 0.3) is 11.3 Å². The molecule has 1 amide bonds. The Kier molecular flexibility index (Phi) is 9.96. The van der Waals surface area contributed by atoms with Crippen molar-refractivity contribution >= 4 is 28.9 Å². The highest BCUT2D eigenvalue weighted by Crippen LogP contribution is 2.38. The normalized spacial score (nSPS) is 13.5. The molecule has 0 aliphatic heterocycles. The quantitative estimate of drug-likeness (QED) is 0.279. The largest absolute Gasteiger partial charge is 0.494 e. The number of anilines is 4. The Labute approximate surface area is 237 Å². The van der Waals surface area contributed by atoms with E-state index >= 15 is 0 Å². The Morgan fingerprint density at radius 1 is 1.05 bits per heavy atom. The summed E-state index contributed by atoms with van der Waals surface area (Å²) in [5.74, 6) is 1.53. The third-order valence-corrected chi connectivity index (χ3v) is 6.97. The second-order valence-electron chi connectivity index (χ2n) is 10.3. The first-order valence-corrected chi connectivity index (χ1v) is 13.8. The van der Waals surface area contributed by atoms with Gasteiger partial charge in [0, 0.05) is 38.0 Å². The summed E-state index contributed by atoms with van der Waals surface area (Å²) < 4.78 is 12.1. The molecule has 1 aliphatic rings. The van der Waals surface area contributed by atoms with Crippen molar-refractivity contribution < 1.29 is 14.3 Å². The topological polar surface area (TPSA) is 91.8 Å². The van der Waals surface area contributed by atoms with Gasteiger partial charge in [-0.05, 0) is 70.1 Å². The van der Waals surface area contributed by atoms with Crippen molar-refractivity contribution in [2.75, 3.05) is 56.9 Å². The molecule has 1 heterocycles. The van der Waals surface area contributed by atoms with E-state index in [9.17, 15) is 4.79 Å². The van der Waals surface area contributed by atoms with Crippen LogP contribution in [0.2, 0.25) is 0 Å². The first-order valence-electron chi connectivity index (χ1n) is 13.8. The maximum absolute atomic E-state index is 12.3. The Hall–Kier alpha value is -4.11. The summed E-state index contributed by atoms with van der Waals surface area (Å²) in [6, 6.07) is 13.6. The second kappa shape index (κ2) is 13.8. The maximum atomic E-state index is 12.3. The molecule has 0 atom stereocenters. The molecule has 0 bridgehead atoms. The lowest BCUT2D eigenvalue weighted by molar-refractivity contribution is -0.111. The molecule has 9 heteroatoms. The van der Waals surface area contributed by atoms with Crippen molar-refractivity contribution in [1.82, 2.24) is 14.9 Å². The highest BCUT2D eigenvalue weighted by atomic mass is 16.5. The maximum Gasteiger partial charge on any atom is 0.247 e. The lowest BCUT2D eigenvalue weighted by Crippen LogP contribution is -2.29. The molecule has 0 saturated heterocycles. The molecule has 40 heavy (non-hydrogen) atoms. The highest BCUT2D eigenvalue weighted by Gasteiger charge is 2.19. The van der Waals surface area contributed by atoms with Gasteiger partial charge >= 0.3 is 0 Å². The summed E-state index contributed by atoms with van der Waals surface area (Å²) in [6.45, 7) is 5.20. The summed E-state index contributed by atoms with van der Waals surface area (Å²) in [4.78, 5) is 25.7. The summed E-state index contributed by atoms with van der Waals surface area (Å²) in [5, 5.41) is 6.22. The van der Waals surface area contributed by atoms with Gasteiger partial charge in [-0.25, -0.2) is 9.97 Å². The van der Waals surface area contributed by atoms with Gasteiger partial charge in [0.1, 0.15) is 11.5 Å². The predicted molar refractivity (Wildman–Crippen MR) is 162 cm³/mol. The number of amides is 1. The van der Waals surface area contributed by atoms with Gasteiger partial charge in [-0.2, -0.15) is 0 Å². The monoisotopic (exact) mass is 544 g/mol. The van der Waals surface area contributed by atoms with Gasteiger partial charge in [-0.1, -0.05) is 25.1 Å². The van der Waals surface area contributed by atoms with Crippen molar-refractivity contribution in [2.45, 2.75) is 38.2 Å². The van der Waals surface area contributed by atoms with E-state index in [0.29, 0.717) is 23.1 Å². The number of carbonyl (C=O) groups excluding carboxylic acids is 1. The van der Waals surface area contributed by atoms with Gasteiger partial charge < -0.3 is 29.9 Å². The van der Waals surface area contributed by atoms with Crippen LogP contribution in [-0.4, -0.2) is 68.2 Å². The molecule has 1 saturated carbocycles. The standard InChI is InChI=1S/C31H40N6O3/c1-6-30(38)33-25-20-26(29(39-5)21-27(25)37(4)19-18-36(2)3)35-31-32-17-16-24(34-31)23-14-10-11-15-28(23)40-22-12-8-7-9-13-22/h6,10-11,14-17,20-22H,1,7-9,12-13,18-19H2,2-5H3,(H,33,38)(H,32,34,35). The van der Waals surface area contributed by atoms with E-state index in [2.05, 4.69) is 32.0 Å². The fourth-order valence-corrected chi connectivity index (χ4v) is 4.74. The smallest absolute Gasteiger partial charge is 0.247 e. The second-order valence-corrected chi connectivity index (χ2v) is 10.3. The van der Waals surface area contributed by atoms with Crippen molar-refractivity contribution in [3.63, 3.8) is 0 Å². The molecule has 4 rings (SSSR count). The molecule has 212 valence electrons. The number of carbonyl (C=O) groups is 1. The zero-order chi connectivity index (χ0) is 28.5. The zero-order valence-electron chi connectivity index (χ0n) is 23.9. The fourth-order valence-electron chi connectivity index (χ4n) is 4.74. The van der Waals surface area contributed by atoms with Gasteiger partial charge in [-0.15, -0.1) is 0 Å². The number of nitrogens with one attached hydrogen (secondary N) is 2. The van der Waals surface area contributed by atoms with Crippen LogP contribution in [0.4, 0.5) is 23.0 Å². The van der Waals surface area contributed by atoms with Gasteiger partial charge in [-0.3, -0.25) is 4.79 Å². The lowest BCUT2D eigenvalue weighted by atomic mass is 9.97. The van der Waals surface area contributed by atoms with Crippen molar-refractivity contribution in [3.05, 3.63) is 61.3 Å². The molecule has 1 aliphatic carbocycles. The Balaban J connectivity index is 1.63. The minimum absolute atomic E-state index is 0.233. The number of benzene rings is 2. The van der Waals surface area contributed by atoms with Crippen LogP contribution in [0.1, 0.15) is 32.1 Å². The summed E-state index contributed by atoms with van der Waals surface area (Å²) in [5.41, 5.74) is 3.74. The molecule has 2 N–H and O–H groups in total. The SMILES string of the molecule is C=CC(=O)Nc1cc(Nc2nccc(-c3ccccc3OC3CCCCC3)n2)c(OC)cc1N(C)CCN(C)C. The Morgan fingerprint density at radius 3 is 2.55 bits per heavy atom. The molecular weight excluding hydrogens is 504 g/mol. The number of likely N-dealkylation sites (N-methyl/N-ethyl adjacent to an activating group) is 2. The van der Waals surface area contributed by atoms with Crippen LogP contribution in [-0.2, 0) is 4.79 Å². The molecule has 1 fully saturated rings. The van der Waals surface area contributed by atoms with E-state index in [4.69, 9.17) is 14.5 Å². The average Bonchev–Trinajstić information content (AvgIpc) is 2.97. The van der Waals surface area contributed by atoms with E-state index in [1.165, 1.54) is 25.3 Å². The number of aromatic nitrogens is 2. The number of hydrogen-bond donors (Lipinski definition) is 2. The molecule has 0 radical (unpaired) electrons. The molecule has 3 aromatic rings. The number of ether oxygens (including phenoxy) is 2. The fraction of sp³-hybridized carbons (Fsp3) is 0.387. The first kappa shape index (κ1) is 28.9. The van der Waals surface area contributed by atoms with E-state index in [0.717, 1.165) is 48.6 Å². The van der Waals surface area contributed by atoms with Gasteiger partial charge in [0.2, 0.25) is 11.9 Å². The van der Waals surface area contributed by atoms with Crippen molar-refractivity contribution in [2.24, 2.45) is 0 Å². The summed E-state index contributed by atoms with van der Waals surface area (Å²) in [7, 11) is 7.64. The van der Waals surface area contributed by atoms with Gasteiger partial charge in [0.25, 0.3) is 0 Å². The van der Waals surface area contributed by atoms with E-state index in [1.54, 1.807) is 13.3 Å². The van der Waals surface area contributed by atoms with Gasteiger partial charge in [0.05, 0.1) is 36.0 Å².